The molecular formula is C15H25NO2. The molecule has 0 aliphatic heterocycles. The Bertz CT molecular complexity index is 322. The number of hydrogen-bond donors (Lipinski definition) is 2. The minimum absolute atomic E-state index is 0.375. The first-order chi connectivity index (χ1) is 8.61. The van der Waals surface area contributed by atoms with Crippen molar-refractivity contribution in [2.75, 3.05) is 20.3 Å². The number of aliphatic hydroxyl groups is 1. The largest absolute Gasteiger partial charge is 0.389 e. The van der Waals surface area contributed by atoms with Gasteiger partial charge in [0, 0.05) is 20.2 Å². The number of rotatable bonds is 8. The molecule has 0 bridgehead atoms. The van der Waals surface area contributed by atoms with Crippen molar-refractivity contribution in [2.24, 2.45) is 5.92 Å². The molecule has 2 N–H and O–H groups in total. The van der Waals surface area contributed by atoms with Crippen LogP contribution in [0.2, 0.25) is 0 Å². The van der Waals surface area contributed by atoms with Gasteiger partial charge >= 0.3 is 0 Å². The van der Waals surface area contributed by atoms with Crippen molar-refractivity contribution in [2.45, 2.75) is 32.9 Å². The minimum Gasteiger partial charge on any atom is -0.389 e. The summed E-state index contributed by atoms with van der Waals surface area (Å²) in [5.74, 6) is 0.693. The molecular weight excluding hydrogens is 226 g/mol. The predicted octanol–water partition coefficient (Wildman–Crippen LogP) is 1.98. The topological polar surface area (TPSA) is 41.5 Å². The Morgan fingerprint density at radius 3 is 2.33 bits per heavy atom. The van der Waals surface area contributed by atoms with Crippen molar-refractivity contribution in [1.82, 2.24) is 5.32 Å². The first-order valence-electron chi connectivity index (χ1n) is 6.57. The van der Waals surface area contributed by atoms with Crippen LogP contribution in [0.15, 0.2) is 24.3 Å². The third-order valence-corrected chi connectivity index (χ3v) is 2.74. The Morgan fingerprint density at radius 2 is 1.78 bits per heavy atom. The van der Waals surface area contributed by atoms with Gasteiger partial charge in [-0.25, -0.2) is 0 Å². The average Bonchev–Trinajstić information content (AvgIpc) is 2.31. The van der Waals surface area contributed by atoms with E-state index >= 15 is 0 Å². The quantitative estimate of drug-likeness (QED) is 0.742. The van der Waals surface area contributed by atoms with Gasteiger partial charge in [-0.3, -0.25) is 0 Å². The molecule has 18 heavy (non-hydrogen) atoms. The molecule has 0 saturated carbocycles. The lowest BCUT2D eigenvalue weighted by Crippen LogP contribution is -2.29. The number of aliphatic hydroxyl groups excluding tert-OH is 1. The van der Waals surface area contributed by atoms with Crippen LogP contribution in [-0.2, 0) is 17.7 Å². The second-order valence-electron chi connectivity index (χ2n) is 5.15. The molecule has 0 saturated heterocycles. The fraction of sp³-hybridized carbons (Fsp3) is 0.600. The minimum atomic E-state index is -0.435. The summed E-state index contributed by atoms with van der Waals surface area (Å²) in [4.78, 5) is 0. The Balaban J connectivity index is 2.30. The van der Waals surface area contributed by atoms with E-state index in [2.05, 4.69) is 43.4 Å². The van der Waals surface area contributed by atoms with Crippen LogP contribution in [0.3, 0.4) is 0 Å². The second kappa shape index (κ2) is 8.25. The number of nitrogens with one attached hydrogen (secondary N) is 1. The fourth-order valence-electron chi connectivity index (χ4n) is 1.90. The van der Waals surface area contributed by atoms with E-state index in [0.717, 1.165) is 13.0 Å². The van der Waals surface area contributed by atoms with Crippen LogP contribution in [-0.4, -0.2) is 31.5 Å². The third-order valence-electron chi connectivity index (χ3n) is 2.74. The molecule has 0 fully saturated rings. The smallest absolute Gasteiger partial charge is 0.0897 e. The summed E-state index contributed by atoms with van der Waals surface area (Å²) in [6.07, 6.45) is 0.690. The summed E-state index contributed by atoms with van der Waals surface area (Å²) >= 11 is 0. The number of hydrogen-bond acceptors (Lipinski definition) is 3. The lowest BCUT2D eigenvalue weighted by Gasteiger charge is -2.11. The van der Waals surface area contributed by atoms with Crippen molar-refractivity contribution in [3.05, 3.63) is 35.4 Å². The van der Waals surface area contributed by atoms with Gasteiger partial charge in [-0.1, -0.05) is 38.1 Å². The summed E-state index contributed by atoms with van der Waals surface area (Å²) in [6, 6.07) is 8.66. The van der Waals surface area contributed by atoms with E-state index in [4.69, 9.17) is 4.74 Å². The zero-order chi connectivity index (χ0) is 13.4. The molecule has 1 rings (SSSR count). The van der Waals surface area contributed by atoms with Gasteiger partial charge < -0.3 is 15.2 Å². The molecule has 0 amide bonds. The van der Waals surface area contributed by atoms with Gasteiger partial charge in [-0.15, -0.1) is 0 Å². The van der Waals surface area contributed by atoms with E-state index in [1.54, 1.807) is 7.11 Å². The van der Waals surface area contributed by atoms with Crippen LogP contribution >= 0.6 is 0 Å². The summed E-state index contributed by atoms with van der Waals surface area (Å²) in [6.45, 7) is 6.17. The molecule has 1 aromatic rings. The van der Waals surface area contributed by atoms with Crippen LogP contribution < -0.4 is 5.32 Å². The number of benzene rings is 1. The van der Waals surface area contributed by atoms with Gasteiger partial charge in [0.1, 0.15) is 0 Å². The van der Waals surface area contributed by atoms with Gasteiger partial charge in [-0.05, 0) is 23.5 Å². The van der Waals surface area contributed by atoms with E-state index in [0.29, 0.717) is 19.1 Å². The highest BCUT2D eigenvalue weighted by Crippen LogP contribution is 2.09. The monoisotopic (exact) mass is 251 g/mol. The standard InChI is InChI=1S/C15H25NO2/c1-12(2)8-13-4-6-14(7-5-13)9-16-10-15(17)11-18-3/h4-7,12,15-17H,8-11H2,1-3H3. The first kappa shape index (κ1) is 15.2. The molecule has 0 aromatic heterocycles. The molecule has 1 unspecified atom stereocenters. The summed E-state index contributed by atoms with van der Waals surface area (Å²) in [5, 5.41) is 12.7. The molecule has 1 aromatic carbocycles. The van der Waals surface area contributed by atoms with E-state index in [1.165, 1.54) is 11.1 Å². The highest BCUT2D eigenvalue weighted by Gasteiger charge is 2.02. The van der Waals surface area contributed by atoms with Gasteiger partial charge in [0.15, 0.2) is 0 Å². The van der Waals surface area contributed by atoms with E-state index in [-0.39, 0.29) is 0 Å². The highest BCUT2D eigenvalue weighted by atomic mass is 16.5. The average molecular weight is 251 g/mol. The summed E-state index contributed by atoms with van der Waals surface area (Å²) < 4.78 is 4.87. The van der Waals surface area contributed by atoms with Crippen LogP contribution in [0, 0.1) is 5.92 Å². The molecule has 1 atom stereocenters. The molecule has 0 heterocycles. The zero-order valence-electron chi connectivity index (χ0n) is 11.6. The fourth-order valence-corrected chi connectivity index (χ4v) is 1.90. The predicted molar refractivity (Wildman–Crippen MR) is 74.6 cm³/mol. The Kier molecular flexibility index (Phi) is 6.94. The normalized spacial score (nSPS) is 12.9. The zero-order valence-corrected chi connectivity index (χ0v) is 11.6. The maximum absolute atomic E-state index is 9.48. The molecule has 102 valence electrons. The van der Waals surface area contributed by atoms with E-state index < -0.39 is 6.10 Å². The highest BCUT2D eigenvalue weighted by molar-refractivity contribution is 5.22. The van der Waals surface area contributed by atoms with Crippen LogP contribution in [0.5, 0.6) is 0 Å². The molecule has 3 heteroatoms. The summed E-state index contributed by atoms with van der Waals surface area (Å²) in [7, 11) is 1.59. The van der Waals surface area contributed by atoms with Crippen molar-refractivity contribution in [1.29, 1.82) is 0 Å². The Morgan fingerprint density at radius 1 is 1.17 bits per heavy atom. The van der Waals surface area contributed by atoms with Gasteiger partial charge in [0.25, 0.3) is 0 Å². The van der Waals surface area contributed by atoms with Crippen molar-refractivity contribution < 1.29 is 9.84 Å². The first-order valence-corrected chi connectivity index (χ1v) is 6.57. The van der Waals surface area contributed by atoms with Gasteiger partial charge in [0.2, 0.25) is 0 Å². The maximum atomic E-state index is 9.48. The SMILES string of the molecule is COCC(O)CNCc1ccc(CC(C)C)cc1. The Hall–Kier alpha value is -0.900. The van der Waals surface area contributed by atoms with Gasteiger partial charge in [-0.2, -0.15) is 0 Å². The third kappa shape index (κ3) is 6.15. The van der Waals surface area contributed by atoms with Crippen molar-refractivity contribution >= 4 is 0 Å². The maximum Gasteiger partial charge on any atom is 0.0897 e. The second-order valence-corrected chi connectivity index (χ2v) is 5.15. The van der Waals surface area contributed by atoms with E-state index in [1.807, 2.05) is 0 Å². The lowest BCUT2D eigenvalue weighted by molar-refractivity contribution is 0.0644. The summed E-state index contributed by atoms with van der Waals surface area (Å²) in [5.41, 5.74) is 2.63. The number of ether oxygens (including phenoxy) is 1. The number of methoxy groups -OCH3 is 1. The lowest BCUT2D eigenvalue weighted by atomic mass is 10.0. The molecule has 0 spiro atoms. The molecule has 0 radical (unpaired) electrons. The molecule has 0 aliphatic carbocycles. The van der Waals surface area contributed by atoms with Crippen molar-refractivity contribution in [3.63, 3.8) is 0 Å². The van der Waals surface area contributed by atoms with Crippen LogP contribution in [0.25, 0.3) is 0 Å². The van der Waals surface area contributed by atoms with Gasteiger partial charge in [0.05, 0.1) is 12.7 Å². The molecule has 3 nitrogen and oxygen atoms in total. The van der Waals surface area contributed by atoms with Crippen molar-refractivity contribution in [3.8, 4) is 0 Å². The van der Waals surface area contributed by atoms with Crippen LogP contribution in [0.1, 0.15) is 25.0 Å². The van der Waals surface area contributed by atoms with Crippen LogP contribution in [0.4, 0.5) is 0 Å². The Labute approximate surface area is 110 Å². The van der Waals surface area contributed by atoms with E-state index in [9.17, 15) is 5.11 Å². The molecule has 0 aliphatic rings.